The third kappa shape index (κ3) is 6.88. The molecule has 0 unspecified atom stereocenters. The molecule has 198 valence electrons. The summed E-state index contributed by atoms with van der Waals surface area (Å²) in [5.41, 5.74) is 1.83. The molecular weight excluding hydrogens is 473 g/mol. The van der Waals surface area contributed by atoms with Gasteiger partial charge in [0.25, 0.3) is 0 Å². The second-order valence-corrected chi connectivity index (χ2v) is 10.0. The van der Waals surface area contributed by atoms with Crippen LogP contribution in [0.2, 0.25) is 0 Å². The van der Waals surface area contributed by atoms with Crippen LogP contribution in [0.4, 0.5) is 13.2 Å². The van der Waals surface area contributed by atoms with E-state index in [0.29, 0.717) is 34.8 Å². The summed E-state index contributed by atoms with van der Waals surface area (Å²) >= 11 is 0. The number of halogens is 3. The molecule has 37 heavy (non-hydrogen) atoms. The molecule has 0 bridgehead atoms. The van der Waals surface area contributed by atoms with Crippen LogP contribution in [0.5, 0.6) is 11.5 Å². The second kappa shape index (κ2) is 13.0. The van der Waals surface area contributed by atoms with Crippen molar-refractivity contribution in [3.63, 3.8) is 0 Å². The summed E-state index contributed by atoms with van der Waals surface area (Å²) in [6.45, 7) is 4.45. The lowest BCUT2D eigenvalue weighted by molar-refractivity contribution is 0.290. The summed E-state index contributed by atoms with van der Waals surface area (Å²) in [6, 6.07) is 15.0. The van der Waals surface area contributed by atoms with E-state index in [2.05, 4.69) is 6.92 Å². The predicted molar refractivity (Wildman–Crippen MR) is 143 cm³/mol. The van der Waals surface area contributed by atoms with Crippen molar-refractivity contribution in [2.24, 2.45) is 5.92 Å². The highest BCUT2D eigenvalue weighted by Crippen LogP contribution is 2.39. The maximum Gasteiger partial charge on any atom is 0.165 e. The fraction of sp³-hybridized carbons (Fsp3) is 0.438. The van der Waals surface area contributed by atoms with E-state index in [1.807, 2.05) is 6.92 Å². The lowest BCUT2D eigenvalue weighted by Crippen LogP contribution is -2.15. The first-order chi connectivity index (χ1) is 18.0. The number of hydrogen-bond acceptors (Lipinski definition) is 2. The van der Waals surface area contributed by atoms with Crippen LogP contribution in [0.1, 0.15) is 82.3 Å². The summed E-state index contributed by atoms with van der Waals surface area (Å²) < 4.78 is 55.4. The molecule has 0 radical (unpaired) electrons. The van der Waals surface area contributed by atoms with E-state index in [4.69, 9.17) is 9.47 Å². The van der Waals surface area contributed by atoms with Gasteiger partial charge in [0.15, 0.2) is 11.6 Å². The topological polar surface area (TPSA) is 18.5 Å². The number of ether oxygens (including phenoxy) is 2. The second-order valence-electron chi connectivity index (χ2n) is 10.0. The standard InChI is InChI=1S/C32H37F3O2/c1-3-5-6-7-22-8-10-24(11-9-22)29-18-14-25(31(34)32(29)35)21-37-26-15-12-23(13-16-26)28-19-17-27(36-4-2)20-30(28)33/h12-20,22,24H,3-11,21H2,1-2H3. The van der Waals surface area contributed by atoms with E-state index in [1.165, 1.54) is 31.7 Å². The number of unbranched alkanes of at least 4 members (excludes halogenated alkanes) is 2. The summed E-state index contributed by atoms with van der Waals surface area (Å²) in [7, 11) is 0. The van der Waals surface area contributed by atoms with Gasteiger partial charge in [0, 0.05) is 17.2 Å². The molecule has 0 atom stereocenters. The van der Waals surface area contributed by atoms with Crippen molar-refractivity contribution in [2.75, 3.05) is 6.61 Å². The van der Waals surface area contributed by atoms with E-state index >= 15 is 0 Å². The highest BCUT2D eigenvalue weighted by molar-refractivity contribution is 5.65. The SMILES string of the molecule is CCCCCC1CCC(c2ccc(COc3ccc(-c4ccc(OCC)cc4F)cc3)c(F)c2F)CC1. The third-order valence-corrected chi connectivity index (χ3v) is 7.51. The van der Waals surface area contributed by atoms with Crippen molar-refractivity contribution in [2.45, 2.75) is 77.7 Å². The Labute approximate surface area is 218 Å². The first-order valence-electron chi connectivity index (χ1n) is 13.6. The van der Waals surface area contributed by atoms with Gasteiger partial charge in [-0.15, -0.1) is 0 Å². The molecule has 3 aromatic rings. The normalized spacial score (nSPS) is 17.5. The summed E-state index contributed by atoms with van der Waals surface area (Å²) in [5.74, 6) is -0.141. The van der Waals surface area contributed by atoms with Crippen molar-refractivity contribution < 1.29 is 22.6 Å². The van der Waals surface area contributed by atoms with E-state index in [0.717, 1.165) is 31.6 Å². The molecule has 0 aromatic heterocycles. The fourth-order valence-electron chi connectivity index (χ4n) is 5.35. The third-order valence-electron chi connectivity index (χ3n) is 7.51. The van der Waals surface area contributed by atoms with Crippen molar-refractivity contribution in [3.8, 4) is 22.6 Å². The van der Waals surface area contributed by atoms with Crippen LogP contribution < -0.4 is 9.47 Å². The lowest BCUT2D eigenvalue weighted by Gasteiger charge is -2.29. The molecule has 0 saturated heterocycles. The van der Waals surface area contributed by atoms with Crippen LogP contribution >= 0.6 is 0 Å². The van der Waals surface area contributed by atoms with Gasteiger partial charge in [0.05, 0.1) is 6.61 Å². The van der Waals surface area contributed by atoms with Crippen LogP contribution in [0, 0.1) is 23.4 Å². The zero-order chi connectivity index (χ0) is 26.2. The van der Waals surface area contributed by atoms with Crippen LogP contribution in [0.25, 0.3) is 11.1 Å². The quantitative estimate of drug-likeness (QED) is 0.239. The summed E-state index contributed by atoms with van der Waals surface area (Å²) in [5, 5.41) is 0. The first-order valence-corrected chi connectivity index (χ1v) is 13.6. The zero-order valence-electron chi connectivity index (χ0n) is 21.9. The van der Waals surface area contributed by atoms with Gasteiger partial charge < -0.3 is 9.47 Å². The predicted octanol–water partition coefficient (Wildman–Crippen LogP) is 9.60. The zero-order valence-corrected chi connectivity index (χ0v) is 21.9. The Morgan fingerprint density at radius 2 is 1.49 bits per heavy atom. The summed E-state index contributed by atoms with van der Waals surface area (Å²) in [6.07, 6.45) is 9.05. The van der Waals surface area contributed by atoms with Gasteiger partial charge in [-0.2, -0.15) is 0 Å². The minimum absolute atomic E-state index is 0.0794. The van der Waals surface area contributed by atoms with E-state index in [1.54, 1.807) is 48.5 Å². The van der Waals surface area contributed by atoms with Crippen molar-refractivity contribution in [1.82, 2.24) is 0 Å². The van der Waals surface area contributed by atoms with E-state index in [-0.39, 0.29) is 23.9 Å². The molecule has 3 aromatic carbocycles. The van der Waals surface area contributed by atoms with Gasteiger partial charge >= 0.3 is 0 Å². The van der Waals surface area contributed by atoms with Crippen LogP contribution in [0.3, 0.4) is 0 Å². The molecule has 0 N–H and O–H groups in total. The average molecular weight is 511 g/mol. The minimum Gasteiger partial charge on any atom is -0.494 e. The van der Waals surface area contributed by atoms with Gasteiger partial charge in [-0.05, 0) is 79.8 Å². The highest BCUT2D eigenvalue weighted by atomic mass is 19.2. The maximum absolute atomic E-state index is 15.0. The molecule has 1 aliphatic carbocycles. The molecule has 1 saturated carbocycles. The summed E-state index contributed by atoms with van der Waals surface area (Å²) in [4.78, 5) is 0. The molecule has 5 heteroatoms. The average Bonchev–Trinajstić information content (AvgIpc) is 2.91. The molecule has 0 heterocycles. The minimum atomic E-state index is -0.823. The van der Waals surface area contributed by atoms with Gasteiger partial charge in [-0.3, -0.25) is 0 Å². The Kier molecular flexibility index (Phi) is 9.54. The number of hydrogen-bond donors (Lipinski definition) is 0. The van der Waals surface area contributed by atoms with Gasteiger partial charge in [0.2, 0.25) is 0 Å². The van der Waals surface area contributed by atoms with Crippen molar-refractivity contribution in [1.29, 1.82) is 0 Å². The Balaban J connectivity index is 1.35. The monoisotopic (exact) mass is 510 g/mol. The first kappa shape index (κ1) is 27.1. The van der Waals surface area contributed by atoms with E-state index < -0.39 is 11.6 Å². The largest absolute Gasteiger partial charge is 0.494 e. The van der Waals surface area contributed by atoms with Crippen LogP contribution in [0.15, 0.2) is 54.6 Å². The van der Waals surface area contributed by atoms with Crippen molar-refractivity contribution in [3.05, 3.63) is 83.2 Å². The van der Waals surface area contributed by atoms with E-state index in [9.17, 15) is 13.2 Å². The van der Waals surface area contributed by atoms with Crippen LogP contribution in [-0.2, 0) is 6.61 Å². The molecule has 0 aliphatic heterocycles. The molecular formula is C32H37F3O2. The lowest BCUT2D eigenvalue weighted by atomic mass is 9.76. The van der Waals surface area contributed by atoms with Gasteiger partial charge in [-0.25, -0.2) is 13.2 Å². The smallest absolute Gasteiger partial charge is 0.165 e. The molecule has 0 spiro atoms. The highest BCUT2D eigenvalue weighted by Gasteiger charge is 2.26. The fourth-order valence-corrected chi connectivity index (χ4v) is 5.35. The Hall–Kier alpha value is -2.95. The van der Waals surface area contributed by atoms with Crippen molar-refractivity contribution >= 4 is 0 Å². The molecule has 4 rings (SSSR count). The Bertz CT molecular complexity index is 1150. The van der Waals surface area contributed by atoms with Crippen LogP contribution in [-0.4, -0.2) is 6.61 Å². The Morgan fingerprint density at radius 1 is 0.757 bits per heavy atom. The molecule has 2 nitrogen and oxygen atoms in total. The number of rotatable bonds is 11. The molecule has 1 aliphatic rings. The van der Waals surface area contributed by atoms with Gasteiger partial charge in [-0.1, -0.05) is 56.9 Å². The Morgan fingerprint density at radius 3 is 2.16 bits per heavy atom. The maximum atomic E-state index is 15.0. The van der Waals surface area contributed by atoms with Gasteiger partial charge in [0.1, 0.15) is 23.9 Å². The molecule has 0 amide bonds. The molecule has 1 fully saturated rings. The number of benzene rings is 3.